The normalized spacial score (nSPS) is 15.3. The van der Waals surface area contributed by atoms with Gasteiger partial charge in [-0.1, -0.05) is 78.9 Å². The molecule has 0 radical (unpaired) electrons. The highest BCUT2D eigenvalue weighted by Crippen LogP contribution is 2.25. The predicted molar refractivity (Wildman–Crippen MR) is 122 cm³/mol. The molecule has 1 unspecified atom stereocenters. The summed E-state index contributed by atoms with van der Waals surface area (Å²) in [6, 6.07) is 29.2. The number of hydrogen-bond donors (Lipinski definition) is 2. The topological polar surface area (TPSA) is 79.3 Å². The van der Waals surface area contributed by atoms with Crippen LogP contribution in [0.15, 0.2) is 102 Å². The molecule has 6 nitrogen and oxygen atoms in total. The van der Waals surface area contributed by atoms with Crippen LogP contribution in [0, 0.1) is 0 Å². The number of carbonyl (C=O) groups is 1. The Balaban J connectivity index is 1.53. The van der Waals surface area contributed by atoms with Crippen LogP contribution in [-0.2, 0) is 4.79 Å². The van der Waals surface area contributed by atoms with E-state index >= 15 is 0 Å². The van der Waals surface area contributed by atoms with Gasteiger partial charge in [0.05, 0.1) is 17.1 Å². The summed E-state index contributed by atoms with van der Waals surface area (Å²) in [6.07, 6.45) is 0.636. The van der Waals surface area contributed by atoms with Gasteiger partial charge in [0.1, 0.15) is 12.1 Å². The SMILES string of the molecule is O=C1Nc2ccccc2C(c2ccccc2)=NC1Nc1cc(-c2ccccc2)ncn1. The van der Waals surface area contributed by atoms with Crippen molar-refractivity contribution in [1.82, 2.24) is 9.97 Å². The third-order valence-electron chi connectivity index (χ3n) is 5.02. The molecule has 2 heterocycles. The summed E-state index contributed by atoms with van der Waals surface area (Å²) in [5, 5.41) is 6.14. The Morgan fingerprint density at radius 2 is 1.45 bits per heavy atom. The Bertz CT molecular complexity index is 1260. The lowest BCUT2D eigenvalue weighted by atomic mass is 10.0. The van der Waals surface area contributed by atoms with Crippen molar-refractivity contribution >= 4 is 23.1 Å². The lowest BCUT2D eigenvalue weighted by Crippen LogP contribution is -2.33. The molecule has 6 heteroatoms. The average molecular weight is 405 g/mol. The van der Waals surface area contributed by atoms with Crippen molar-refractivity contribution < 1.29 is 4.79 Å². The molecule has 1 atom stereocenters. The number of nitrogens with zero attached hydrogens (tertiary/aromatic N) is 3. The van der Waals surface area contributed by atoms with E-state index in [2.05, 4.69) is 20.6 Å². The number of para-hydroxylation sites is 1. The van der Waals surface area contributed by atoms with Gasteiger partial charge in [-0.3, -0.25) is 4.79 Å². The molecule has 0 aliphatic carbocycles. The second-order valence-corrected chi connectivity index (χ2v) is 7.08. The van der Waals surface area contributed by atoms with Crippen molar-refractivity contribution in [2.75, 3.05) is 10.6 Å². The zero-order valence-electron chi connectivity index (χ0n) is 16.6. The first kappa shape index (κ1) is 18.7. The van der Waals surface area contributed by atoms with Crippen LogP contribution in [0.2, 0.25) is 0 Å². The highest BCUT2D eigenvalue weighted by molar-refractivity contribution is 6.19. The second-order valence-electron chi connectivity index (χ2n) is 7.08. The lowest BCUT2D eigenvalue weighted by Gasteiger charge is -2.14. The molecule has 0 saturated carbocycles. The number of amides is 1. The molecule has 150 valence electrons. The predicted octanol–water partition coefficient (Wildman–Crippen LogP) is 4.37. The molecule has 0 fully saturated rings. The number of aliphatic imine (C=N–C) groups is 1. The molecule has 3 aromatic carbocycles. The van der Waals surface area contributed by atoms with Crippen molar-refractivity contribution in [3.63, 3.8) is 0 Å². The van der Waals surface area contributed by atoms with E-state index in [0.29, 0.717) is 5.82 Å². The van der Waals surface area contributed by atoms with Gasteiger partial charge in [0.25, 0.3) is 5.91 Å². The number of carbonyl (C=O) groups excluding carboxylic acids is 1. The van der Waals surface area contributed by atoms with Gasteiger partial charge < -0.3 is 10.6 Å². The van der Waals surface area contributed by atoms with E-state index in [1.54, 1.807) is 0 Å². The lowest BCUT2D eigenvalue weighted by molar-refractivity contribution is -0.116. The second kappa shape index (κ2) is 8.20. The molecule has 1 aliphatic heterocycles. The highest BCUT2D eigenvalue weighted by Gasteiger charge is 2.26. The first-order valence-corrected chi connectivity index (χ1v) is 9.95. The Hall–Kier alpha value is -4.32. The van der Waals surface area contributed by atoms with E-state index in [1.165, 1.54) is 6.33 Å². The Morgan fingerprint density at radius 3 is 2.23 bits per heavy atom. The summed E-state index contributed by atoms with van der Waals surface area (Å²) in [5.41, 5.74) is 5.02. The largest absolute Gasteiger partial charge is 0.341 e. The van der Waals surface area contributed by atoms with Crippen LogP contribution in [-0.4, -0.2) is 27.8 Å². The summed E-state index contributed by atoms with van der Waals surface area (Å²) in [5.74, 6) is 0.273. The number of benzodiazepines with no additional fused rings is 1. The van der Waals surface area contributed by atoms with Crippen LogP contribution in [0.5, 0.6) is 0 Å². The van der Waals surface area contributed by atoms with Crippen LogP contribution in [0.25, 0.3) is 11.3 Å². The third kappa shape index (κ3) is 3.91. The average Bonchev–Trinajstić information content (AvgIpc) is 2.97. The van der Waals surface area contributed by atoms with Gasteiger partial charge in [-0.05, 0) is 6.07 Å². The van der Waals surface area contributed by atoms with E-state index in [4.69, 9.17) is 4.99 Å². The number of rotatable bonds is 4. The van der Waals surface area contributed by atoms with Gasteiger partial charge in [0.2, 0.25) is 6.17 Å². The summed E-state index contributed by atoms with van der Waals surface area (Å²) in [6.45, 7) is 0. The fourth-order valence-electron chi connectivity index (χ4n) is 3.52. The van der Waals surface area contributed by atoms with Crippen LogP contribution in [0.4, 0.5) is 11.5 Å². The number of benzene rings is 3. The van der Waals surface area contributed by atoms with Gasteiger partial charge in [0, 0.05) is 22.8 Å². The summed E-state index contributed by atoms with van der Waals surface area (Å²) in [4.78, 5) is 26.4. The molecule has 1 amide bonds. The molecule has 5 rings (SSSR count). The molecule has 1 aromatic heterocycles. The summed E-state index contributed by atoms with van der Waals surface area (Å²) >= 11 is 0. The molecule has 31 heavy (non-hydrogen) atoms. The van der Waals surface area contributed by atoms with E-state index in [1.807, 2.05) is 91.0 Å². The fraction of sp³-hybridized carbons (Fsp3) is 0.0400. The van der Waals surface area contributed by atoms with Gasteiger partial charge in [0.15, 0.2) is 0 Å². The molecule has 4 aromatic rings. The summed E-state index contributed by atoms with van der Waals surface area (Å²) in [7, 11) is 0. The fourth-order valence-corrected chi connectivity index (χ4v) is 3.52. The van der Waals surface area contributed by atoms with Crippen LogP contribution in [0.1, 0.15) is 11.1 Å². The number of anilines is 2. The minimum atomic E-state index is -0.846. The Morgan fingerprint density at radius 1 is 0.774 bits per heavy atom. The van der Waals surface area contributed by atoms with Crippen molar-refractivity contribution in [2.45, 2.75) is 6.17 Å². The molecular weight excluding hydrogens is 386 g/mol. The van der Waals surface area contributed by atoms with Crippen molar-refractivity contribution in [1.29, 1.82) is 0 Å². The molecule has 0 saturated heterocycles. The minimum absolute atomic E-state index is 0.252. The van der Waals surface area contributed by atoms with E-state index in [9.17, 15) is 4.79 Å². The van der Waals surface area contributed by atoms with E-state index < -0.39 is 6.17 Å². The van der Waals surface area contributed by atoms with Gasteiger partial charge in [-0.2, -0.15) is 0 Å². The molecular formula is C25H19N5O. The zero-order chi connectivity index (χ0) is 21.0. The van der Waals surface area contributed by atoms with Gasteiger partial charge in [-0.15, -0.1) is 0 Å². The van der Waals surface area contributed by atoms with Gasteiger partial charge in [-0.25, -0.2) is 15.0 Å². The Labute approximate surface area is 179 Å². The summed E-state index contributed by atoms with van der Waals surface area (Å²) < 4.78 is 0. The highest BCUT2D eigenvalue weighted by atomic mass is 16.2. The maximum Gasteiger partial charge on any atom is 0.269 e. The smallest absolute Gasteiger partial charge is 0.269 e. The number of aromatic nitrogens is 2. The molecule has 1 aliphatic rings. The van der Waals surface area contributed by atoms with Crippen molar-refractivity contribution in [2.24, 2.45) is 4.99 Å². The molecule has 0 bridgehead atoms. The first-order valence-electron chi connectivity index (χ1n) is 9.95. The van der Waals surface area contributed by atoms with E-state index in [0.717, 1.165) is 33.8 Å². The van der Waals surface area contributed by atoms with Crippen LogP contribution >= 0.6 is 0 Å². The standard InChI is InChI=1S/C25H19N5O/c31-25-24(29-22-15-21(26-16-27-22)17-9-3-1-4-10-17)30-23(18-11-5-2-6-12-18)19-13-7-8-14-20(19)28-25/h1-16,24H,(H,28,31)(H,26,27,29). The Kier molecular flexibility index (Phi) is 4.94. The number of fused-ring (bicyclic) bond motifs is 1. The minimum Gasteiger partial charge on any atom is -0.341 e. The van der Waals surface area contributed by atoms with Crippen molar-refractivity contribution in [3.8, 4) is 11.3 Å². The maximum absolute atomic E-state index is 13.0. The monoisotopic (exact) mass is 405 g/mol. The maximum atomic E-state index is 13.0. The molecule has 0 spiro atoms. The van der Waals surface area contributed by atoms with E-state index in [-0.39, 0.29) is 5.91 Å². The van der Waals surface area contributed by atoms with Gasteiger partial charge >= 0.3 is 0 Å². The number of nitrogens with one attached hydrogen (secondary N) is 2. The quantitative estimate of drug-likeness (QED) is 0.528. The molecule has 2 N–H and O–H groups in total. The number of hydrogen-bond acceptors (Lipinski definition) is 5. The zero-order valence-corrected chi connectivity index (χ0v) is 16.6. The van der Waals surface area contributed by atoms with Crippen molar-refractivity contribution in [3.05, 3.63) is 108 Å². The third-order valence-corrected chi connectivity index (χ3v) is 5.02. The first-order chi connectivity index (χ1) is 15.3. The van der Waals surface area contributed by atoms with Crippen LogP contribution in [0.3, 0.4) is 0 Å². The van der Waals surface area contributed by atoms with Crippen LogP contribution < -0.4 is 10.6 Å².